The van der Waals surface area contributed by atoms with Crippen LogP contribution in [0, 0.1) is 11.7 Å². The van der Waals surface area contributed by atoms with Gasteiger partial charge in [0.15, 0.2) is 11.9 Å². The summed E-state index contributed by atoms with van der Waals surface area (Å²) in [6, 6.07) is 37.2. The average molecular weight is 621 g/mol. The normalized spacial score (nSPS) is 22.0. The van der Waals surface area contributed by atoms with Crippen LogP contribution in [0.3, 0.4) is 0 Å². The Morgan fingerprint density at radius 2 is 1.38 bits per heavy atom. The molecule has 3 aliphatic heterocycles. The summed E-state index contributed by atoms with van der Waals surface area (Å²) in [6.45, 7) is 0. The van der Waals surface area contributed by atoms with E-state index < -0.39 is 47.1 Å². The van der Waals surface area contributed by atoms with Crippen molar-refractivity contribution < 1.29 is 23.5 Å². The molecule has 0 bridgehead atoms. The van der Waals surface area contributed by atoms with E-state index in [2.05, 4.69) is 5.32 Å². The smallest absolute Gasteiger partial charge is 0.314 e. The van der Waals surface area contributed by atoms with Crippen LogP contribution in [0.25, 0.3) is 6.08 Å². The largest absolute Gasteiger partial charge is 0.452 e. The van der Waals surface area contributed by atoms with Crippen molar-refractivity contribution in [2.75, 3.05) is 10.2 Å². The van der Waals surface area contributed by atoms with Gasteiger partial charge in [-0.1, -0.05) is 109 Å². The van der Waals surface area contributed by atoms with Crippen molar-refractivity contribution in [2.24, 2.45) is 5.92 Å². The first-order valence-electron chi connectivity index (χ1n) is 15.5. The number of rotatable bonds is 6. The maximum absolute atomic E-state index is 15.1. The molecule has 47 heavy (non-hydrogen) atoms. The molecule has 1 N–H and O–H groups in total. The van der Waals surface area contributed by atoms with Crippen LogP contribution in [0.5, 0.6) is 0 Å². The number of nitrogens with one attached hydrogen (secondary N) is 1. The summed E-state index contributed by atoms with van der Waals surface area (Å²) in [5.74, 6) is -3.24. The fourth-order valence-corrected chi connectivity index (χ4v) is 7.64. The molecule has 4 atom stereocenters. The predicted molar refractivity (Wildman–Crippen MR) is 177 cm³/mol. The molecule has 1 saturated heterocycles. The van der Waals surface area contributed by atoms with E-state index in [0.29, 0.717) is 11.3 Å². The van der Waals surface area contributed by atoms with E-state index in [-0.39, 0.29) is 11.5 Å². The van der Waals surface area contributed by atoms with Gasteiger partial charge in [-0.3, -0.25) is 14.4 Å². The zero-order valence-corrected chi connectivity index (χ0v) is 25.1. The molecular formula is C40H29FN2O4. The minimum atomic E-state index is -1.52. The minimum absolute atomic E-state index is 0.228. The number of anilines is 2. The lowest BCUT2D eigenvalue weighted by Crippen LogP contribution is -2.51. The van der Waals surface area contributed by atoms with Gasteiger partial charge in [-0.25, -0.2) is 4.39 Å². The number of amides is 1. The molecule has 1 spiro atoms. The lowest BCUT2D eigenvalue weighted by Gasteiger charge is -2.37. The number of Topliss-reactive ketones (excluding diaryl/α,β-unsaturated/α-hetero) is 1. The summed E-state index contributed by atoms with van der Waals surface area (Å²) in [5.41, 5.74) is 2.98. The van der Waals surface area contributed by atoms with E-state index in [9.17, 15) is 14.0 Å². The number of carbonyl (C=O) groups is 3. The first-order valence-corrected chi connectivity index (χ1v) is 15.5. The van der Waals surface area contributed by atoms with Crippen LogP contribution in [-0.4, -0.2) is 29.7 Å². The van der Waals surface area contributed by atoms with Crippen molar-refractivity contribution in [2.45, 2.75) is 23.6 Å². The van der Waals surface area contributed by atoms with Crippen molar-refractivity contribution in [1.29, 1.82) is 0 Å². The lowest BCUT2D eigenvalue weighted by atomic mass is 9.66. The maximum Gasteiger partial charge on any atom is 0.314 e. The average Bonchev–Trinajstić information content (AvgIpc) is 3.60. The fourth-order valence-electron chi connectivity index (χ4n) is 7.64. The molecule has 1 fully saturated rings. The minimum Gasteiger partial charge on any atom is -0.452 e. The number of carbonyl (C=O) groups excluding carboxylic acids is 3. The molecule has 230 valence electrons. The van der Waals surface area contributed by atoms with E-state index in [1.165, 1.54) is 24.3 Å². The van der Waals surface area contributed by atoms with Gasteiger partial charge in [0.1, 0.15) is 23.2 Å². The van der Waals surface area contributed by atoms with E-state index in [4.69, 9.17) is 4.74 Å². The van der Waals surface area contributed by atoms with Crippen molar-refractivity contribution in [1.82, 2.24) is 0 Å². The Bertz CT molecular complexity index is 2010. The van der Waals surface area contributed by atoms with E-state index >= 15 is 4.79 Å². The summed E-state index contributed by atoms with van der Waals surface area (Å²) in [7, 11) is 0. The van der Waals surface area contributed by atoms with E-state index in [1.807, 2.05) is 120 Å². The second-order valence-electron chi connectivity index (χ2n) is 12.1. The molecule has 0 aliphatic carbocycles. The number of ether oxygens (including phenoxy) is 1. The molecule has 7 heteroatoms. The zero-order valence-electron chi connectivity index (χ0n) is 25.1. The molecule has 5 aromatic rings. The van der Waals surface area contributed by atoms with Crippen LogP contribution in [-0.2, 0) is 19.7 Å². The van der Waals surface area contributed by atoms with Crippen molar-refractivity contribution >= 4 is 35.1 Å². The highest BCUT2D eigenvalue weighted by Crippen LogP contribution is 2.58. The number of hydrogen-bond acceptors (Lipinski definition) is 5. The van der Waals surface area contributed by atoms with Crippen LogP contribution < -0.4 is 10.2 Å². The van der Waals surface area contributed by atoms with Crippen LogP contribution in [0.15, 0.2) is 140 Å². The SMILES string of the molecule is O=C(OC(c1ccccc1)c1ccccc1)[C@@H]1[C@H](C(=O)c2ccc(F)cc2)N2c3ccccc3C=CC2[C@@]12C(=O)Nc1ccccc12. The van der Waals surface area contributed by atoms with Crippen LogP contribution >= 0.6 is 0 Å². The highest BCUT2D eigenvalue weighted by Gasteiger charge is 2.71. The Hall–Kier alpha value is -5.82. The highest BCUT2D eigenvalue weighted by molar-refractivity contribution is 6.15. The molecular weight excluding hydrogens is 591 g/mol. The number of ketones is 1. The summed E-state index contributed by atoms with van der Waals surface area (Å²) in [6.07, 6.45) is 3.05. The van der Waals surface area contributed by atoms with Crippen LogP contribution in [0.2, 0.25) is 0 Å². The maximum atomic E-state index is 15.1. The van der Waals surface area contributed by atoms with Gasteiger partial charge >= 0.3 is 5.97 Å². The number of nitrogens with zero attached hydrogens (tertiary/aromatic N) is 1. The van der Waals surface area contributed by atoms with Crippen molar-refractivity contribution in [3.8, 4) is 0 Å². The lowest BCUT2D eigenvalue weighted by molar-refractivity contribution is -0.156. The van der Waals surface area contributed by atoms with Gasteiger partial charge in [-0.05, 0) is 58.7 Å². The summed E-state index contributed by atoms with van der Waals surface area (Å²) in [5, 5.41) is 3.03. The molecule has 3 aliphatic rings. The molecule has 1 unspecified atom stereocenters. The third-order valence-electron chi connectivity index (χ3n) is 9.63. The standard InChI is InChI=1S/C40H29FN2O4/c41-29-22-19-26(20-23-29)36(44)35-34(38(45)47-37(27-12-3-1-4-13-27)28-14-5-2-6-15-28)40(30-16-8-9-17-31(30)42-39(40)46)33-24-21-25-11-7-10-18-32(25)43(33)35/h1-24,33-35,37H,(H,42,46)/t33?,34-,35+,40+/m0/s1. The quantitative estimate of drug-likeness (QED) is 0.162. The van der Waals surface area contributed by atoms with Gasteiger partial charge in [0.2, 0.25) is 5.91 Å². The number of hydrogen-bond donors (Lipinski definition) is 1. The first-order chi connectivity index (χ1) is 23.0. The molecule has 0 radical (unpaired) electrons. The molecule has 0 aromatic heterocycles. The monoisotopic (exact) mass is 620 g/mol. The zero-order chi connectivity index (χ0) is 32.1. The Kier molecular flexibility index (Phi) is 6.83. The van der Waals surface area contributed by atoms with E-state index in [1.54, 1.807) is 6.07 Å². The Balaban J connectivity index is 1.36. The topological polar surface area (TPSA) is 75.7 Å². The molecule has 6 nitrogen and oxygen atoms in total. The number of esters is 1. The van der Waals surface area contributed by atoms with Crippen LogP contribution in [0.1, 0.15) is 38.7 Å². The number of para-hydroxylation sites is 2. The van der Waals surface area contributed by atoms with Crippen molar-refractivity contribution in [3.63, 3.8) is 0 Å². The van der Waals surface area contributed by atoms with Gasteiger partial charge in [0, 0.05) is 16.9 Å². The third kappa shape index (κ3) is 4.41. The Morgan fingerprint density at radius 1 is 0.766 bits per heavy atom. The van der Waals surface area contributed by atoms with Gasteiger partial charge in [-0.2, -0.15) is 0 Å². The molecule has 0 saturated carbocycles. The Morgan fingerprint density at radius 3 is 2.09 bits per heavy atom. The fraction of sp³-hybridized carbons (Fsp3) is 0.125. The van der Waals surface area contributed by atoms with Gasteiger partial charge in [0.25, 0.3) is 0 Å². The van der Waals surface area contributed by atoms with Crippen LogP contribution in [0.4, 0.5) is 15.8 Å². The summed E-state index contributed by atoms with van der Waals surface area (Å²) >= 11 is 0. The van der Waals surface area contributed by atoms with Gasteiger partial charge in [-0.15, -0.1) is 0 Å². The third-order valence-corrected chi connectivity index (χ3v) is 9.63. The van der Waals surface area contributed by atoms with Gasteiger partial charge in [0.05, 0.1) is 6.04 Å². The van der Waals surface area contributed by atoms with E-state index in [0.717, 1.165) is 22.4 Å². The van der Waals surface area contributed by atoms with Crippen molar-refractivity contribution in [3.05, 3.63) is 173 Å². The second-order valence-corrected chi connectivity index (χ2v) is 12.1. The molecule has 5 aromatic carbocycles. The molecule has 8 rings (SSSR count). The number of fused-ring (bicyclic) bond motifs is 6. The predicted octanol–water partition coefficient (Wildman–Crippen LogP) is 7.13. The van der Waals surface area contributed by atoms with Gasteiger partial charge < -0.3 is 15.0 Å². The molecule has 1 amide bonds. The number of halogens is 1. The number of benzene rings is 5. The molecule has 3 heterocycles. The first kappa shape index (κ1) is 28.6. The summed E-state index contributed by atoms with van der Waals surface area (Å²) < 4.78 is 20.6. The highest BCUT2D eigenvalue weighted by atomic mass is 19.1. The second kappa shape index (κ2) is 11.2. The Labute approximate surface area is 271 Å². The summed E-state index contributed by atoms with van der Waals surface area (Å²) in [4.78, 5) is 46.4.